The number of halogens is 1. The molecule has 0 radical (unpaired) electrons. The van der Waals surface area contributed by atoms with Crippen molar-refractivity contribution >= 4 is 5.97 Å². The van der Waals surface area contributed by atoms with E-state index < -0.39 is 17.7 Å². The highest BCUT2D eigenvalue weighted by Crippen LogP contribution is 2.67. The van der Waals surface area contributed by atoms with Crippen LogP contribution in [-0.2, 0) is 9.53 Å². The van der Waals surface area contributed by atoms with Crippen LogP contribution < -0.4 is 0 Å². The minimum Gasteiger partial charge on any atom is -0.460 e. The predicted octanol–water partition coefficient (Wildman–Crippen LogP) is 3.37. The molecule has 4 rings (SSSR count). The Bertz CT molecular complexity index is 478. The molecule has 3 heteroatoms. The molecule has 4 aliphatic rings. The van der Waals surface area contributed by atoms with E-state index in [0.29, 0.717) is 23.7 Å². The Balaban J connectivity index is 1.59. The van der Waals surface area contributed by atoms with Crippen LogP contribution in [0.15, 0.2) is 12.2 Å². The van der Waals surface area contributed by atoms with Crippen LogP contribution in [0.25, 0.3) is 0 Å². The Morgan fingerprint density at radius 1 is 1.10 bits per heavy atom. The summed E-state index contributed by atoms with van der Waals surface area (Å²) in [4.78, 5) is 12.4. The van der Waals surface area contributed by atoms with Crippen molar-refractivity contribution in [1.29, 1.82) is 0 Å². The average molecular weight is 278 g/mol. The van der Waals surface area contributed by atoms with Crippen LogP contribution in [0.1, 0.15) is 33.6 Å². The first-order chi connectivity index (χ1) is 9.37. The lowest BCUT2D eigenvalue weighted by Gasteiger charge is -2.38. The van der Waals surface area contributed by atoms with Gasteiger partial charge in [-0.3, -0.25) is 4.79 Å². The minimum atomic E-state index is -0.983. The van der Waals surface area contributed by atoms with E-state index in [1.54, 1.807) is 0 Å². The standard InChI is InChI=1S/C17H23FO2/c1-17(2,3)20-16(19)14-10-7-11(15(14)18)13-9-5-4-8(6-9)12(10)13/h4-5,8-15H,6-7H2,1-3H3. The molecule has 0 heterocycles. The summed E-state index contributed by atoms with van der Waals surface area (Å²) >= 11 is 0. The number of carbonyl (C=O) groups excluding carboxylic acids is 1. The van der Waals surface area contributed by atoms with Crippen molar-refractivity contribution in [3.8, 4) is 0 Å². The van der Waals surface area contributed by atoms with E-state index in [1.165, 1.54) is 6.42 Å². The van der Waals surface area contributed by atoms with Gasteiger partial charge in [-0.15, -0.1) is 0 Å². The van der Waals surface area contributed by atoms with Crippen molar-refractivity contribution < 1.29 is 13.9 Å². The molecule has 3 fully saturated rings. The summed E-state index contributed by atoms with van der Waals surface area (Å²) in [6, 6.07) is 0. The third kappa shape index (κ3) is 1.58. The molecule has 0 spiro atoms. The number of ether oxygens (including phenoxy) is 1. The fraction of sp³-hybridized carbons (Fsp3) is 0.824. The molecule has 20 heavy (non-hydrogen) atoms. The molecular formula is C17H23FO2. The predicted molar refractivity (Wildman–Crippen MR) is 73.5 cm³/mol. The maximum absolute atomic E-state index is 14.7. The van der Waals surface area contributed by atoms with Gasteiger partial charge in [-0.1, -0.05) is 12.2 Å². The van der Waals surface area contributed by atoms with E-state index in [1.807, 2.05) is 20.8 Å². The fourth-order valence-corrected chi connectivity index (χ4v) is 5.64. The van der Waals surface area contributed by atoms with Gasteiger partial charge in [-0.2, -0.15) is 0 Å². The highest BCUT2D eigenvalue weighted by Gasteiger charge is 2.67. The van der Waals surface area contributed by atoms with Gasteiger partial charge in [-0.05, 0) is 69.1 Å². The molecule has 4 aliphatic carbocycles. The number of hydrogen-bond acceptors (Lipinski definition) is 2. The quantitative estimate of drug-likeness (QED) is 0.417. The summed E-state index contributed by atoms with van der Waals surface area (Å²) in [6.07, 6.45) is 5.71. The highest BCUT2D eigenvalue weighted by atomic mass is 19.1. The summed E-state index contributed by atoms with van der Waals surface area (Å²) in [5.41, 5.74) is -0.521. The van der Waals surface area contributed by atoms with Gasteiger partial charge >= 0.3 is 5.97 Å². The molecule has 4 bridgehead atoms. The first-order valence-corrected chi connectivity index (χ1v) is 7.92. The van der Waals surface area contributed by atoms with E-state index in [-0.39, 0.29) is 17.8 Å². The molecule has 0 aromatic carbocycles. The number of fused-ring (bicyclic) bond motifs is 9. The van der Waals surface area contributed by atoms with E-state index in [9.17, 15) is 9.18 Å². The van der Waals surface area contributed by atoms with E-state index in [0.717, 1.165) is 6.42 Å². The minimum absolute atomic E-state index is 0.0995. The van der Waals surface area contributed by atoms with Crippen LogP contribution in [-0.4, -0.2) is 17.7 Å². The molecule has 2 nitrogen and oxygen atoms in total. The van der Waals surface area contributed by atoms with Crippen LogP contribution in [0, 0.1) is 41.4 Å². The smallest absolute Gasteiger partial charge is 0.312 e. The largest absolute Gasteiger partial charge is 0.460 e. The Kier molecular flexibility index (Phi) is 2.48. The van der Waals surface area contributed by atoms with Crippen molar-refractivity contribution in [3.05, 3.63) is 12.2 Å². The van der Waals surface area contributed by atoms with Gasteiger partial charge in [0.05, 0.1) is 5.92 Å². The van der Waals surface area contributed by atoms with E-state index in [4.69, 9.17) is 4.74 Å². The average Bonchev–Trinajstić information content (AvgIpc) is 3.02. The molecule has 8 unspecified atom stereocenters. The topological polar surface area (TPSA) is 26.3 Å². The summed E-state index contributed by atoms with van der Waals surface area (Å²) < 4.78 is 20.2. The van der Waals surface area contributed by atoms with Gasteiger partial charge < -0.3 is 4.74 Å². The van der Waals surface area contributed by atoms with E-state index in [2.05, 4.69) is 12.2 Å². The van der Waals surface area contributed by atoms with Gasteiger partial charge in [0.25, 0.3) is 0 Å². The summed E-state index contributed by atoms with van der Waals surface area (Å²) in [5.74, 6) is 1.73. The third-order valence-corrected chi connectivity index (χ3v) is 6.01. The number of alkyl halides is 1. The van der Waals surface area contributed by atoms with Gasteiger partial charge in [0.15, 0.2) is 0 Å². The molecule has 0 aliphatic heterocycles. The van der Waals surface area contributed by atoms with Crippen LogP contribution >= 0.6 is 0 Å². The second-order valence-corrected chi connectivity index (χ2v) is 8.17. The van der Waals surface area contributed by atoms with Crippen molar-refractivity contribution in [2.75, 3.05) is 0 Å². The first kappa shape index (κ1) is 12.8. The Hall–Kier alpha value is -0.860. The van der Waals surface area contributed by atoms with Crippen LogP contribution in [0.5, 0.6) is 0 Å². The zero-order valence-corrected chi connectivity index (χ0v) is 12.4. The lowest BCUT2D eigenvalue weighted by Crippen LogP contribution is -2.43. The number of carbonyl (C=O) groups is 1. The summed E-state index contributed by atoms with van der Waals surface area (Å²) in [5, 5.41) is 0. The number of rotatable bonds is 1. The van der Waals surface area contributed by atoms with Crippen molar-refractivity contribution in [2.24, 2.45) is 41.4 Å². The molecule has 0 N–H and O–H groups in total. The lowest BCUT2D eigenvalue weighted by molar-refractivity contribution is -0.166. The molecular weight excluding hydrogens is 255 g/mol. The monoisotopic (exact) mass is 278 g/mol. The zero-order chi connectivity index (χ0) is 14.2. The van der Waals surface area contributed by atoms with Crippen LogP contribution in [0.3, 0.4) is 0 Å². The van der Waals surface area contributed by atoms with E-state index >= 15 is 0 Å². The normalized spacial score (nSPS) is 51.6. The molecule has 8 atom stereocenters. The van der Waals surface area contributed by atoms with Crippen LogP contribution in [0.2, 0.25) is 0 Å². The lowest BCUT2D eigenvalue weighted by atomic mass is 9.68. The SMILES string of the molecule is CC(C)(C)OC(=O)C1C(F)C2CC1C1C3C=CC(C3)C21. The molecule has 0 aromatic heterocycles. The Labute approximate surface area is 119 Å². The number of hydrogen-bond donors (Lipinski definition) is 0. The van der Waals surface area contributed by atoms with Gasteiger partial charge in [0, 0.05) is 0 Å². The van der Waals surface area contributed by atoms with Crippen LogP contribution in [0.4, 0.5) is 4.39 Å². The summed E-state index contributed by atoms with van der Waals surface area (Å²) in [7, 11) is 0. The van der Waals surface area contributed by atoms with Gasteiger partial charge in [0.2, 0.25) is 0 Å². The van der Waals surface area contributed by atoms with Gasteiger partial charge in [-0.25, -0.2) is 4.39 Å². The number of allylic oxidation sites excluding steroid dienone is 2. The fourth-order valence-electron chi connectivity index (χ4n) is 5.64. The second kappa shape index (κ2) is 3.86. The molecule has 3 saturated carbocycles. The molecule has 110 valence electrons. The van der Waals surface area contributed by atoms with Crippen molar-refractivity contribution in [2.45, 2.75) is 45.4 Å². The highest BCUT2D eigenvalue weighted by molar-refractivity contribution is 5.75. The second-order valence-electron chi connectivity index (χ2n) is 8.17. The number of esters is 1. The van der Waals surface area contributed by atoms with Crippen molar-refractivity contribution in [1.82, 2.24) is 0 Å². The first-order valence-electron chi connectivity index (χ1n) is 7.92. The Morgan fingerprint density at radius 2 is 1.70 bits per heavy atom. The molecule has 0 aromatic rings. The molecule has 0 saturated heterocycles. The summed E-state index contributed by atoms with van der Waals surface area (Å²) in [6.45, 7) is 5.57. The third-order valence-electron chi connectivity index (χ3n) is 6.01. The Morgan fingerprint density at radius 3 is 2.30 bits per heavy atom. The molecule has 0 amide bonds. The van der Waals surface area contributed by atoms with Crippen molar-refractivity contribution in [3.63, 3.8) is 0 Å². The maximum Gasteiger partial charge on any atom is 0.312 e. The zero-order valence-electron chi connectivity index (χ0n) is 12.4. The van der Waals surface area contributed by atoms with Gasteiger partial charge in [0.1, 0.15) is 11.8 Å². The maximum atomic E-state index is 14.7.